The predicted octanol–water partition coefficient (Wildman–Crippen LogP) is 10.2. The van der Waals surface area contributed by atoms with Gasteiger partial charge in [-0.3, -0.25) is 9.97 Å². The Morgan fingerprint density at radius 1 is 0.429 bits per heavy atom. The van der Waals surface area contributed by atoms with Gasteiger partial charge in [-0.25, -0.2) is 18.7 Å². The quantitative estimate of drug-likeness (QED) is 0.106. The van der Waals surface area contributed by atoms with Crippen molar-refractivity contribution in [2.45, 2.75) is 130 Å². The molecule has 0 saturated heterocycles. The summed E-state index contributed by atoms with van der Waals surface area (Å²) in [5, 5.41) is 20.1. The van der Waals surface area contributed by atoms with E-state index in [0.717, 1.165) is 58.4 Å². The van der Waals surface area contributed by atoms with Gasteiger partial charge in [0.2, 0.25) is 0 Å². The topological polar surface area (TPSA) is 97.1 Å². The maximum atomic E-state index is 5.21. The van der Waals surface area contributed by atoms with E-state index in [4.69, 9.17) is 30.4 Å². The second kappa shape index (κ2) is 19.1. The Bertz CT molecular complexity index is 1880. The van der Waals surface area contributed by atoms with Gasteiger partial charge >= 0.3 is 66.2 Å². The maximum absolute atomic E-state index is 5.21. The van der Waals surface area contributed by atoms with Gasteiger partial charge in [0.1, 0.15) is 0 Å². The van der Waals surface area contributed by atoms with Gasteiger partial charge < -0.3 is 0 Å². The summed E-state index contributed by atoms with van der Waals surface area (Å²) in [4.78, 5) is 10.4. The number of pyridine rings is 2. The van der Waals surface area contributed by atoms with E-state index in [1.54, 1.807) is 40.7 Å². The van der Waals surface area contributed by atoms with Crippen LogP contribution in [-0.2, 0) is 60.0 Å². The van der Waals surface area contributed by atoms with Crippen molar-refractivity contribution >= 4 is 40.7 Å². The number of nitrogens with zero attached hydrogens (tertiary/aromatic N) is 10. The number of hydrogen-bond acceptors (Lipinski definition) is 6. The molecule has 0 bridgehead atoms. The Morgan fingerprint density at radius 2 is 0.679 bits per heavy atom. The molecule has 0 atom stereocenters. The fourth-order valence-corrected chi connectivity index (χ4v) is 6.10. The van der Waals surface area contributed by atoms with E-state index >= 15 is 0 Å². The molecular formula is C42H56Cu2I2N10. The van der Waals surface area contributed by atoms with Crippen molar-refractivity contribution in [1.82, 2.24) is 49.1 Å². The molecule has 6 heterocycles. The molecule has 6 aromatic heterocycles. The minimum absolute atomic E-state index is 0.0785. The standard InChI is InChI=1S/C42H56N10.2Cu.2HI/c1-39(2,3)33-21-25-49(45-33)37(50-26-22-34(46-50)40(4,5)6)31-17-13-15-29(43-31)19-20-30-16-14-18-32(44-30)38(51-27-23-35(47-51)41(7,8)9)52-28-24-36(48-52)42(10,11)12;;;;/h13-18,21-28,37-38H,19-20H2,1-12H3;;;2*1H/q;2*+1;;/p-2. The molecule has 6 aromatic rings. The van der Waals surface area contributed by atoms with Crippen molar-refractivity contribution in [3.63, 3.8) is 0 Å². The van der Waals surface area contributed by atoms with Crippen molar-refractivity contribution in [3.8, 4) is 0 Å². The van der Waals surface area contributed by atoms with E-state index in [1.807, 2.05) is 43.5 Å². The van der Waals surface area contributed by atoms with Gasteiger partial charge in [-0.15, -0.1) is 0 Å². The van der Waals surface area contributed by atoms with Gasteiger partial charge in [-0.2, -0.15) is 20.4 Å². The summed E-state index contributed by atoms with van der Waals surface area (Å²) in [6, 6.07) is 20.9. The Hall–Kier alpha value is -2.36. The summed E-state index contributed by atoms with van der Waals surface area (Å²) in [7, 11) is 0. The van der Waals surface area contributed by atoms with Gasteiger partial charge in [0.25, 0.3) is 0 Å². The molecule has 0 saturated carbocycles. The van der Waals surface area contributed by atoms with Crippen LogP contribution in [0.3, 0.4) is 0 Å². The average molecular weight is 1080 g/mol. The third-order valence-electron chi connectivity index (χ3n) is 9.33. The first-order chi connectivity index (χ1) is 26.3. The molecule has 10 nitrogen and oxygen atoms in total. The van der Waals surface area contributed by atoms with E-state index < -0.39 is 0 Å². The fraction of sp³-hybridized carbons (Fsp3) is 0.476. The molecule has 0 amide bonds. The Morgan fingerprint density at radius 3 is 0.893 bits per heavy atom. The molecule has 0 unspecified atom stereocenters. The SMILES string of the molecule is CC(C)(C)c1ccn(C(c2cccc(CCc3cccc(C(n4ccc(C(C)(C)C)n4)n4ccc(C(C)(C)C)n4)n3)n2)n2ccc(C(C)(C)C)n2)n1.[Cu][I].[Cu][I]. The van der Waals surface area contributed by atoms with Crippen molar-refractivity contribution in [1.29, 1.82) is 0 Å². The second-order valence-electron chi connectivity index (χ2n) is 18.1. The zero-order valence-electron chi connectivity index (χ0n) is 34.5. The summed E-state index contributed by atoms with van der Waals surface area (Å²) in [5.41, 5.74) is 7.52. The average Bonchev–Trinajstić information content (AvgIpc) is 3.97. The van der Waals surface area contributed by atoms with E-state index in [2.05, 4.69) is 169 Å². The summed E-state index contributed by atoms with van der Waals surface area (Å²) < 4.78 is 7.94. The Kier molecular flexibility index (Phi) is 15.8. The normalized spacial score (nSPS) is 12.4. The zero-order valence-corrected chi connectivity index (χ0v) is 40.7. The van der Waals surface area contributed by atoms with E-state index in [1.165, 1.54) is 0 Å². The first-order valence-electron chi connectivity index (χ1n) is 18.6. The third-order valence-corrected chi connectivity index (χ3v) is 9.33. The van der Waals surface area contributed by atoms with Gasteiger partial charge in [-0.05, 0) is 61.4 Å². The van der Waals surface area contributed by atoms with E-state index in [0.29, 0.717) is 0 Å². The minimum atomic E-state index is -0.325. The number of aromatic nitrogens is 10. The molecule has 0 aromatic carbocycles. The van der Waals surface area contributed by atoms with Crippen molar-refractivity contribution < 1.29 is 25.5 Å². The molecule has 0 aliphatic rings. The van der Waals surface area contributed by atoms with Crippen LogP contribution >= 0.6 is 40.7 Å². The van der Waals surface area contributed by atoms with E-state index in [9.17, 15) is 0 Å². The Labute approximate surface area is 372 Å². The summed E-state index contributed by atoms with van der Waals surface area (Å²) in [6.07, 6.45) is 8.96. The second-order valence-corrected chi connectivity index (χ2v) is 18.1. The monoisotopic (exact) mass is 1080 g/mol. The molecule has 0 radical (unpaired) electrons. The summed E-state index contributed by atoms with van der Waals surface area (Å²) in [6.45, 7) is 26.2. The van der Waals surface area contributed by atoms with Crippen LogP contribution < -0.4 is 0 Å². The molecule has 6 rings (SSSR count). The number of hydrogen-bond donors (Lipinski definition) is 0. The van der Waals surface area contributed by atoms with Gasteiger partial charge in [0, 0.05) is 57.8 Å². The van der Waals surface area contributed by atoms with E-state index in [-0.39, 0.29) is 34.0 Å². The van der Waals surface area contributed by atoms with Gasteiger partial charge in [0.05, 0.1) is 34.2 Å². The molecular weight excluding hydrogens is 1030 g/mol. The Balaban J connectivity index is 0.00000169. The first kappa shape index (κ1) is 46.3. The third kappa shape index (κ3) is 11.6. The molecule has 14 heteroatoms. The van der Waals surface area contributed by atoms with Crippen LogP contribution in [0.1, 0.15) is 141 Å². The summed E-state index contributed by atoms with van der Waals surface area (Å²) >= 11 is 11.7. The molecule has 0 N–H and O–H groups in total. The van der Waals surface area contributed by atoms with Gasteiger partial charge in [0.15, 0.2) is 12.3 Å². The van der Waals surface area contributed by atoms with Crippen LogP contribution in [-0.4, -0.2) is 49.1 Å². The predicted molar refractivity (Wildman–Crippen MR) is 235 cm³/mol. The molecule has 0 aliphatic carbocycles. The fourth-order valence-electron chi connectivity index (χ4n) is 6.10. The van der Waals surface area contributed by atoms with Gasteiger partial charge in [-0.1, -0.05) is 95.2 Å². The van der Waals surface area contributed by atoms with Crippen LogP contribution in [0, 0.1) is 0 Å². The molecule has 0 spiro atoms. The van der Waals surface area contributed by atoms with Crippen LogP contribution in [0.25, 0.3) is 0 Å². The van der Waals surface area contributed by atoms with Crippen molar-refractivity contribution in [2.75, 3.05) is 0 Å². The molecule has 310 valence electrons. The molecule has 0 fully saturated rings. The van der Waals surface area contributed by atoms with Crippen LogP contribution in [0.15, 0.2) is 85.5 Å². The molecule has 56 heavy (non-hydrogen) atoms. The number of aryl methyl sites for hydroxylation is 2. The number of halogens is 2. The summed E-state index contributed by atoms with van der Waals surface area (Å²) in [5.74, 6) is 0. The molecule has 0 aliphatic heterocycles. The van der Waals surface area contributed by atoms with Crippen LogP contribution in [0.4, 0.5) is 0 Å². The first-order valence-corrected chi connectivity index (χ1v) is 24.7. The van der Waals surface area contributed by atoms with Crippen molar-refractivity contribution in [2.24, 2.45) is 0 Å². The van der Waals surface area contributed by atoms with Crippen LogP contribution in [0.5, 0.6) is 0 Å². The number of rotatable bonds is 9. The van der Waals surface area contributed by atoms with Crippen molar-refractivity contribution in [3.05, 3.63) is 131 Å². The van der Waals surface area contributed by atoms with Crippen LogP contribution in [0.2, 0.25) is 0 Å². The zero-order chi connectivity index (χ0) is 41.6.